The molecule has 6 heteroatoms. The highest BCUT2D eigenvalue weighted by Crippen LogP contribution is 2.37. The van der Waals surface area contributed by atoms with Crippen LogP contribution >= 0.6 is 0 Å². The number of aromatic nitrogens is 2. The van der Waals surface area contributed by atoms with E-state index in [9.17, 15) is 4.79 Å². The molecule has 2 aliphatic rings. The zero-order chi connectivity index (χ0) is 22.4. The second-order valence-corrected chi connectivity index (χ2v) is 9.79. The van der Waals surface area contributed by atoms with E-state index in [-0.39, 0.29) is 12.5 Å². The van der Waals surface area contributed by atoms with Gasteiger partial charge in [-0.05, 0) is 67.6 Å². The third-order valence-electron chi connectivity index (χ3n) is 6.96. The van der Waals surface area contributed by atoms with Gasteiger partial charge in [-0.3, -0.25) is 9.78 Å². The number of nitrogens with zero attached hydrogens (tertiary/aromatic N) is 3. The summed E-state index contributed by atoms with van der Waals surface area (Å²) in [5, 5.41) is 1.15. The number of H-pyrrole nitrogens is 1. The molecule has 6 nitrogen and oxygen atoms in total. The number of benzene rings is 1. The number of hydrogen-bond acceptors (Lipinski definition) is 4. The summed E-state index contributed by atoms with van der Waals surface area (Å²) in [7, 11) is 2.16. The summed E-state index contributed by atoms with van der Waals surface area (Å²) in [6.07, 6.45) is 1.85. The zero-order valence-corrected chi connectivity index (χ0v) is 19.4. The third-order valence-corrected chi connectivity index (χ3v) is 6.96. The normalized spacial score (nSPS) is 21.0. The van der Waals surface area contributed by atoms with E-state index in [1.54, 1.807) is 0 Å². The lowest BCUT2D eigenvalue weighted by Gasteiger charge is -2.19. The van der Waals surface area contributed by atoms with Crippen LogP contribution in [0.5, 0.6) is 5.75 Å². The fourth-order valence-electron chi connectivity index (χ4n) is 5.48. The maximum atomic E-state index is 12.8. The minimum absolute atomic E-state index is 0.0910. The van der Waals surface area contributed by atoms with Crippen molar-refractivity contribution >= 4 is 16.8 Å². The molecule has 4 heterocycles. The van der Waals surface area contributed by atoms with Crippen LogP contribution in [0.4, 0.5) is 0 Å². The van der Waals surface area contributed by atoms with Crippen LogP contribution in [0.15, 0.2) is 36.5 Å². The smallest absolute Gasteiger partial charge is 0.260 e. The van der Waals surface area contributed by atoms with Gasteiger partial charge < -0.3 is 19.5 Å². The molecule has 3 aromatic rings. The van der Waals surface area contributed by atoms with Gasteiger partial charge in [0.05, 0.1) is 5.69 Å². The average molecular weight is 433 g/mol. The molecule has 0 aliphatic carbocycles. The summed E-state index contributed by atoms with van der Waals surface area (Å²) in [6, 6.07) is 10.2. The first-order valence-corrected chi connectivity index (χ1v) is 11.6. The average Bonchev–Trinajstić information content (AvgIpc) is 3.42. The van der Waals surface area contributed by atoms with Gasteiger partial charge in [0.15, 0.2) is 6.61 Å². The predicted molar refractivity (Wildman–Crippen MR) is 127 cm³/mol. The Morgan fingerprint density at radius 2 is 1.91 bits per heavy atom. The number of pyridine rings is 1. The van der Waals surface area contributed by atoms with Gasteiger partial charge in [-0.2, -0.15) is 0 Å². The maximum absolute atomic E-state index is 12.8. The van der Waals surface area contributed by atoms with Crippen LogP contribution in [0.3, 0.4) is 0 Å². The van der Waals surface area contributed by atoms with Gasteiger partial charge in [0.25, 0.3) is 5.91 Å². The molecular weight excluding hydrogens is 400 g/mol. The van der Waals surface area contributed by atoms with E-state index in [0.717, 1.165) is 59.8 Å². The van der Waals surface area contributed by atoms with Crippen LogP contribution in [0, 0.1) is 18.8 Å². The lowest BCUT2D eigenvalue weighted by atomic mass is 9.96. The van der Waals surface area contributed by atoms with Gasteiger partial charge >= 0.3 is 0 Å². The van der Waals surface area contributed by atoms with Gasteiger partial charge in [-0.1, -0.05) is 13.8 Å². The van der Waals surface area contributed by atoms with Crippen molar-refractivity contribution in [3.05, 3.63) is 47.8 Å². The molecule has 1 N–H and O–H groups in total. The van der Waals surface area contributed by atoms with Gasteiger partial charge in [-0.25, -0.2) is 0 Å². The zero-order valence-electron chi connectivity index (χ0n) is 19.4. The summed E-state index contributed by atoms with van der Waals surface area (Å²) < 4.78 is 5.97. The second kappa shape index (κ2) is 8.24. The molecule has 0 saturated carbocycles. The highest BCUT2D eigenvalue weighted by Gasteiger charge is 2.40. The van der Waals surface area contributed by atoms with Crippen molar-refractivity contribution in [2.75, 3.05) is 39.8 Å². The van der Waals surface area contributed by atoms with E-state index >= 15 is 0 Å². The van der Waals surface area contributed by atoms with Crippen molar-refractivity contribution in [2.45, 2.75) is 26.7 Å². The van der Waals surface area contributed by atoms with Crippen LogP contribution in [0.1, 0.15) is 31.0 Å². The van der Waals surface area contributed by atoms with Gasteiger partial charge in [0.2, 0.25) is 0 Å². The Hall–Kier alpha value is -2.86. The summed E-state index contributed by atoms with van der Waals surface area (Å²) >= 11 is 0. The standard InChI is InChI=1S/C26H32N4O2/c1-16(2)25-22-10-21(5-6-23(22)28-26(25)18-7-8-27-17(3)9-18)32-15-24(31)30-13-19-11-29(4)12-20(19)14-30/h5-10,16,19-20,28H,11-15H2,1-4H3. The summed E-state index contributed by atoms with van der Waals surface area (Å²) in [5.74, 6) is 2.40. The van der Waals surface area contributed by atoms with E-state index in [1.165, 1.54) is 5.56 Å². The van der Waals surface area contributed by atoms with E-state index in [2.05, 4.69) is 54.0 Å². The van der Waals surface area contributed by atoms with Crippen molar-refractivity contribution < 1.29 is 9.53 Å². The van der Waals surface area contributed by atoms with E-state index < -0.39 is 0 Å². The molecule has 2 atom stereocenters. The molecule has 2 saturated heterocycles. The van der Waals surface area contributed by atoms with E-state index in [0.29, 0.717) is 17.8 Å². The van der Waals surface area contributed by atoms with Crippen molar-refractivity contribution in [1.82, 2.24) is 19.8 Å². The fraction of sp³-hybridized carbons (Fsp3) is 0.462. The van der Waals surface area contributed by atoms with Crippen molar-refractivity contribution in [1.29, 1.82) is 0 Å². The summed E-state index contributed by atoms with van der Waals surface area (Å²) in [4.78, 5) is 25.0. The lowest BCUT2D eigenvalue weighted by molar-refractivity contribution is -0.132. The van der Waals surface area contributed by atoms with Gasteiger partial charge in [0, 0.05) is 54.5 Å². The molecule has 0 radical (unpaired) electrons. The van der Waals surface area contributed by atoms with E-state index in [4.69, 9.17) is 4.74 Å². The van der Waals surface area contributed by atoms with Crippen LogP contribution in [-0.2, 0) is 4.79 Å². The number of nitrogens with one attached hydrogen (secondary N) is 1. The molecule has 168 valence electrons. The lowest BCUT2D eigenvalue weighted by Crippen LogP contribution is -2.35. The summed E-state index contributed by atoms with van der Waals surface area (Å²) in [6.45, 7) is 10.4. The quantitative estimate of drug-likeness (QED) is 0.661. The molecular formula is C26H32N4O2. The number of ether oxygens (including phenoxy) is 1. The minimum atomic E-state index is 0.0910. The van der Waals surface area contributed by atoms with Crippen LogP contribution < -0.4 is 4.74 Å². The highest BCUT2D eigenvalue weighted by atomic mass is 16.5. The third kappa shape index (κ3) is 3.88. The number of fused-ring (bicyclic) bond motifs is 2. The molecule has 5 rings (SSSR count). The number of rotatable bonds is 5. The number of aryl methyl sites for hydroxylation is 1. The Labute approximate surface area is 189 Å². The number of likely N-dealkylation sites (tertiary alicyclic amines) is 2. The fourth-order valence-corrected chi connectivity index (χ4v) is 5.48. The molecule has 2 aliphatic heterocycles. The number of carbonyl (C=O) groups excluding carboxylic acids is 1. The summed E-state index contributed by atoms with van der Waals surface area (Å²) in [5.41, 5.74) is 5.60. The van der Waals surface area contributed by atoms with Crippen molar-refractivity contribution in [2.24, 2.45) is 11.8 Å². The molecule has 32 heavy (non-hydrogen) atoms. The van der Waals surface area contributed by atoms with Gasteiger partial charge in [0.1, 0.15) is 5.75 Å². The predicted octanol–water partition coefficient (Wildman–Crippen LogP) is 4.06. The molecule has 2 fully saturated rings. The molecule has 2 unspecified atom stereocenters. The monoisotopic (exact) mass is 432 g/mol. The number of carbonyl (C=O) groups is 1. The molecule has 1 amide bonds. The van der Waals surface area contributed by atoms with Crippen LogP contribution in [0.25, 0.3) is 22.2 Å². The largest absolute Gasteiger partial charge is 0.484 e. The first kappa shape index (κ1) is 21.0. The Morgan fingerprint density at radius 1 is 1.16 bits per heavy atom. The van der Waals surface area contributed by atoms with Crippen molar-refractivity contribution in [3.63, 3.8) is 0 Å². The number of amides is 1. The van der Waals surface area contributed by atoms with Crippen molar-refractivity contribution in [3.8, 4) is 17.0 Å². The molecule has 2 aromatic heterocycles. The first-order valence-electron chi connectivity index (χ1n) is 11.6. The van der Waals surface area contributed by atoms with Gasteiger partial charge in [-0.15, -0.1) is 0 Å². The first-order chi connectivity index (χ1) is 15.4. The maximum Gasteiger partial charge on any atom is 0.260 e. The Morgan fingerprint density at radius 3 is 2.59 bits per heavy atom. The molecule has 0 bridgehead atoms. The number of hydrogen-bond donors (Lipinski definition) is 1. The Bertz CT molecular complexity index is 1140. The number of aromatic amines is 1. The Kier molecular flexibility index (Phi) is 5.41. The van der Waals surface area contributed by atoms with Crippen LogP contribution in [-0.4, -0.2) is 65.5 Å². The Balaban J connectivity index is 1.34. The SMILES string of the molecule is Cc1cc(-c2[nH]c3ccc(OCC(=O)N4CC5CN(C)CC5C4)cc3c2C(C)C)ccn1. The van der Waals surface area contributed by atoms with Crippen LogP contribution in [0.2, 0.25) is 0 Å². The highest BCUT2D eigenvalue weighted by molar-refractivity contribution is 5.92. The second-order valence-electron chi connectivity index (χ2n) is 9.79. The molecule has 1 aromatic carbocycles. The minimum Gasteiger partial charge on any atom is -0.484 e. The topological polar surface area (TPSA) is 61.5 Å². The van der Waals surface area contributed by atoms with E-state index in [1.807, 2.05) is 30.2 Å². The molecule has 0 spiro atoms.